The highest BCUT2D eigenvalue weighted by molar-refractivity contribution is 5.80. The van der Waals surface area contributed by atoms with Crippen molar-refractivity contribution in [3.63, 3.8) is 0 Å². The summed E-state index contributed by atoms with van der Waals surface area (Å²) in [5.41, 5.74) is 2.38. The van der Waals surface area contributed by atoms with Gasteiger partial charge in [-0.2, -0.15) is 0 Å². The first kappa shape index (κ1) is 14.6. The molecular weight excluding hydrogens is 272 g/mol. The van der Waals surface area contributed by atoms with Crippen LogP contribution in [0, 0.1) is 0 Å². The Labute approximate surface area is 131 Å². The summed E-state index contributed by atoms with van der Waals surface area (Å²) in [5, 5.41) is 6.83. The highest BCUT2D eigenvalue weighted by Crippen LogP contribution is 2.40. The molecule has 0 radical (unpaired) electrons. The zero-order chi connectivity index (χ0) is 15.2. The molecule has 1 fully saturated rings. The van der Waals surface area contributed by atoms with Gasteiger partial charge in [0.2, 0.25) is 0 Å². The largest absolute Gasteiger partial charge is 0.357 e. The van der Waals surface area contributed by atoms with Crippen LogP contribution in [0.2, 0.25) is 0 Å². The Kier molecular flexibility index (Phi) is 4.68. The van der Waals surface area contributed by atoms with Crippen LogP contribution in [0.1, 0.15) is 30.5 Å². The van der Waals surface area contributed by atoms with Crippen molar-refractivity contribution in [3.05, 3.63) is 66.0 Å². The number of benzene rings is 1. The molecule has 4 heteroatoms. The first-order chi connectivity index (χ1) is 10.9. The average Bonchev–Trinajstić information content (AvgIpc) is 3.34. The van der Waals surface area contributed by atoms with Crippen molar-refractivity contribution in [2.75, 3.05) is 6.54 Å². The summed E-state index contributed by atoms with van der Waals surface area (Å²) in [7, 11) is 0. The topological polar surface area (TPSA) is 49.3 Å². The van der Waals surface area contributed by atoms with E-state index in [4.69, 9.17) is 0 Å². The van der Waals surface area contributed by atoms with E-state index in [1.807, 2.05) is 18.2 Å². The fourth-order valence-electron chi connectivity index (χ4n) is 2.57. The summed E-state index contributed by atoms with van der Waals surface area (Å²) < 4.78 is 0. The summed E-state index contributed by atoms with van der Waals surface area (Å²) in [6.07, 6.45) is 2.97. The van der Waals surface area contributed by atoms with Crippen molar-refractivity contribution >= 4 is 5.96 Å². The molecule has 1 aromatic carbocycles. The highest BCUT2D eigenvalue weighted by atomic mass is 15.2. The van der Waals surface area contributed by atoms with E-state index in [1.54, 1.807) is 6.20 Å². The van der Waals surface area contributed by atoms with E-state index in [0.29, 0.717) is 18.5 Å². The van der Waals surface area contributed by atoms with Crippen LogP contribution in [0.15, 0.2) is 59.7 Å². The average molecular weight is 294 g/mol. The quantitative estimate of drug-likeness (QED) is 0.658. The van der Waals surface area contributed by atoms with Crippen molar-refractivity contribution in [1.82, 2.24) is 15.6 Å². The number of hydrogen-bond acceptors (Lipinski definition) is 2. The van der Waals surface area contributed by atoms with E-state index < -0.39 is 0 Å². The standard InChI is InChI=1S/C18H22N4/c1-2-19-18(21-13-15-10-6-7-11-20-15)22-17-12-16(17)14-8-4-3-5-9-14/h3-11,16-17H,2,12-13H2,1H3,(H2,19,21,22). The summed E-state index contributed by atoms with van der Waals surface area (Å²) in [6, 6.07) is 17.0. The van der Waals surface area contributed by atoms with Crippen LogP contribution >= 0.6 is 0 Å². The maximum absolute atomic E-state index is 4.62. The number of rotatable bonds is 5. The SMILES string of the molecule is CCNC(=NCc1ccccn1)NC1CC1c1ccccc1. The van der Waals surface area contributed by atoms with Crippen LogP contribution in [-0.4, -0.2) is 23.5 Å². The molecule has 114 valence electrons. The van der Waals surface area contributed by atoms with Crippen molar-refractivity contribution in [1.29, 1.82) is 0 Å². The van der Waals surface area contributed by atoms with Crippen molar-refractivity contribution in [2.24, 2.45) is 4.99 Å². The van der Waals surface area contributed by atoms with Gasteiger partial charge in [0.05, 0.1) is 12.2 Å². The molecule has 2 aromatic rings. The molecule has 2 unspecified atom stereocenters. The van der Waals surface area contributed by atoms with Gasteiger partial charge in [0.15, 0.2) is 5.96 Å². The normalized spacial score (nSPS) is 20.5. The van der Waals surface area contributed by atoms with Crippen LogP contribution in [0.25, 0.3) is 0 Å². The molecule has 0 spiro atoms. The molecule has 0 amide bonds. The first-order valence-corrected chi connectivity index (χ1v) is 7.86. The second-order valence-electron chi connectivity index (χ2n) is 5.52. The van der Waals surface area contributed by atoms with Crippen molar-refractivity contribution in [3.8, 4) is 0 Å². The number of guanidine groups is 1. The smallest absolute Gasteiger partial charge is 0.191 e. The zero-order valence-corrected chi connectivity index (χ0v) is 12.9. The van der Waals surface area contributed by atoms with E-state index in [1.165, 1.54) is 5.56 Å². The molecule has 3 rings (SSSR count). The molecule has 1 aromatic heterocycles. The number of nitrogens with zero attached hydrogens (tertiary/aromatic N) is 2. The minimum absolute atomic E-state index is 0.476. The van der Waals surface area contributed by atoms with Crippen LogP contribution in [0.4, 0.5) is 0 Å². The fourth-order valence-corrected chi connectivity index (χ4v) is 2.57. The van der Waals surface area contributed by atoms with E-state index in [9.17, 15) is 0 Å². The monoisotopic (exact) mass is 294 g/mol. The lowest BCUT2D eigenvalue weighted by Gasteiger charge is -2.11. The van der Waals surface area contributed by atoms with E-state index >= 15 is 0 Å². The van der Waals surface area contributed by atoms with Gasteiger partial charge < -0.3 is 10.6 Å². The van der Waals surface area contributed by atoms with Gasteiger partial charge >= 0.3 is 0 Å². The molecule has 4 nitrogen and oxygen atoms in total. The Morgan fingerprint density at radius 3 is 2.73 bits per heavy atom. The van der Waals surface area contributed by atoms with Gasteiger partial charge in [-0.25, -0.2) is 4.99 Å². The number of hydrogen-bond donors (Lipinski definition) is 2. The molecule has 1 heterocycles. The van der Waals surface area contributed by atoms with Gasteiger partial charge in [0.1, 0.15) is 0 Å². The van der Waals surface area contributed by atoms with Crippen LogP contribution in [0.3, 0.4) is 0 Å². The number of aromatic nitrogens is 1. The predicted molar refractivity (Wildman–Crippen MR) is 89.8 cm³/mol. The van der Waals surface area contributed by atoms with E-state index in [2.05, 4.69) is 57.9 Å². The summed E-state index contributed by atoms with van der Waals surface area (Å²) in [6.45, 7) is 3.54. The lowest BCUT2D eigenvalue weighted by Crippen LogP contribution is -2.39. The lowest BCUT2D eigenvalue weighted by atomic mass is 10.1. The van der Waals surface area contributed by atoms with Gasteiger partial charge in [0, 0.05) is 24.7 Å². The summed E-state index contributed by atoms with van der Waals surface area (Å²) >= 11 is 0. The number of nitrogens with one attached hydrogen (secondary N) is 2. The molecule has 0 aliphatic heterocycles. The fraction of sp³-hybridized carbons (Fsp3) is 0.333. The van der Waals surface area contributed by atoms with E-state index in [0.717, 1.165) is 24.6 Å². The summed E-state index contributed by atoms with van der Waals surface area (Å²) in [4.78, 5) is 8.93. The molecule has 0 saturated heterocycles. The minimum Gasteiger partial charge on any atom is -0.357 e. The van der Waals surface area contributed by atoms with Crippen molar-refractivity contribution in [2.45, 2.75) is 31.8 Å². The van der Waals surface area contributed by atoms with Crippen LogP contribution in [-0.2, 0) is 6.54 Å². The van der Waals surface area contributed by atoms with Gasteiger partial charge in [0.25, 0.3) is 0 Å². The maximum atomic E-state index is 4.62. The predicted octanol–water partition coefficient (Wildman–Crippen LogP) is 2.69. The molecule has 1 saturated carbocycles. The Hall–Kier alpha value is -2.36. The van der Waals surface area contributed by atoms with Crippen molar-refractivity contribution < 1.29 is 0 Å². The Bertz CT molecular complexity index is 609. The molecule has 1 aliphatic rings. The first-order valence-electron chi connectivity index (χ1n) is 7.86. The molecular formula is C18H22N4. The third kappa shape index (κ3) is 3.85. The summed E-state index contributed by atoms with van der Waals surface area (Å²) in [5.74, 6) is 1.47. The minimum atomic E-state index is 0.476. The Morgan fingerprint density at radius 2 is 2.00 bits per heavy atom. The molecule has 2 N–H and O–H groups in total. The molecule has 22 heavy (non-hydrogen) atoms. The molecule has 0 bridgehead atoms. The van der Waals surface area contributed by atoms with Crippen LogP contribution < -0.4 is 10.6 Å². The number of pyridine rings is 1. The molecule has 1 aliphatic carbocycles. The number of aliphatic imine (C=N–C) groups is 1. The van der Waals surface area contributed by atoms with E-state index in [-0.39, 0.29) is 0 Å². The van der Waals surface area contributed by atoms with Crippen LogP contribution in [0.5, 0.6) is 0 Å². The molecule has 2 atom stereocenters. The second-order valence-corrected chi connectivity index (χ2v) is 5.52. The van der Waals surface area contributed by atoms with Gasteiger partial charge in [-0.1, -0.05) is 36.4 Å². The maximum Gasteiger partial charge on any atom is 0.191 e. The zero-order valence-electron chi connectivity index (χ0n) is 12.9. The van der Waals surface area contributed by atoms with Gasteiger partial charge in [-0.15, -0.1) is 0 Å². The Morgan fingerprint density at radius 1 is 1.18 bits per heavy atom. The highest BCUT2D eigenvalue weighted by Gasteiger charge is 2.38. The lowest BCUT2D eigenvalue weighted by molar-refractivity contribution is 0.792. The third-order valence-electron chi connectivity index (χ3n) is 3.81. The second kappa shape index (κ2) is 7.07. The van der Waals surface area contributed by atoms with Gasteiger partial charge in [-0.3, -0.25) is 4.98 Å². The third-order valence-corrected chi connectivity index (χ3v) is 3.81. The van der Waals surface area contributed by atoms with Gasteiger partial charge in [-0.05, 0) is 31.0 Å². The Balaban J connectivity index is 1.58.